The molecule has 0 aliphatic carbocycles. The van der Waals surface area contributed by atoms with Crippen LogP contribution in [-0.2, 0) is 23.7 Å². The summed E-state index contributed by atoms with van der Waals surface area (Å²) in [6, 6.07) is 9.99. The molecule has 4 rings (SSSR count). The number of aryl methyl sites for hydroxylation is 2. The summed E-state index contributed by atoms with van der Waals surface area (Å²) >= 11 is 0. The minimum atomic E-state index is -0.756. The summed E-state index contributed by atoms with van der Waals surface area (Å²) in [4.78, 5) is 49.8. The molecule has 31 heavy (non-hydrogen) atoms. The molecule has 1 aliphatic rings. The number of anilines is 1. The number of halogens is 1. The van der Waals surface area contributed by atoms with E-state index in [4.69, 9.17) is 0 Å². The van der Waals surface area contributed by atoms with Crippen molar-refractivity contribution >= 4 is 40.6 Å². The van der Waals surface area contributed by atoms with Gasteiger partial charge in [-0.25, -0.2) is 18.9 Å². The molecule has 0 unspecified atom stereocenters. The first-order valence-corrected chi connectivity index (χ1v) is 9.30. The third kappa shape index (κ3) is 3.59. The summed E-state index contributed by atoms with van der Waals surface area (Å²) in [5, 5.41) is 4.77. The van der Waals surface area contributed by atoms with E-state index in [0.29, 0.717) is 11.1 Å². The number of benzene rings is 2. The first-order chi connectivity index (χ1) is 14.8. The van der Waals surface area contributed by atoms with Crippen molar-refractivity contribution in [1.29, 1.82) is 0 Å². The molecule has 4 amide bonds. The van der Waals surface area contributed by atoms with Gasteiger partial charge in [0.25, 0.3) is 5.91 Å². The maximum atomic E-state index is 13.7. The van der Waals surface area contributed by atoms with Crippen molar-refractivity contribution in [1.82, 2.24) is 19.4 Å². The number of carbonyl (C=O) groups excluding carboxylic acids is 3. The number of amides is 4. The topological polar surface area (TPSA) is 105 Å². The van der Waals surface area contributed by atoms with Crippen molar-refractivity contribution in [2.45, 2.75) is 0 Å². The van der Waals surface area contributed by atoms with Crippen LogP contribution >= 0.6 is 0 Å². The number of urea groups is 1. The zero-order valence-electron chi connectivity index (χ0n) is 16.7. The van der Waals surface area contributed by atoms with E-state index in [1.165, 1.54) is 33.4 Å². The molecule has 1 saturated heterocycles. The summed E-state index contributed by atoms with van der Waals surface area (Å²) in [6.07, 6.45) is 1.46. The Morgan fingerprint density at radius 3 is 2.52 bits per heavy atom. The summed E-state index contributed by atoms with van der Waals surface area (Å²) in [6.45, 7) is -0.567. The predicted molar refractivity (Wildman–Crippen MR) is 111 cm³/mol. The van der Waals surface area contributed by atoms with E-state index < -0.39 is 30.2 Å². The van der Waals surface area contributed by atoms with E-state index in [2.05, 4.69) is 10.6 Å². The lowest BCUT2D eigenvalue weighted by Gasteiger charge is -2.12. The number of imidazole rings is 1. The first-order valence-electron chi connectivity index (χ1n) is 9.30. The van der Waals surface area contributed by atoms with Crippen molar-refractivity contribution in [3.8, 4) is 0 Å². The Hall–Kier alpha value is -4.21. The molecule has 1 fully saturated rings. The fraction of sp³-hybridized carbons (Fsp3) is 0.143. The molecule has 0 bridgehead atoms. The van der Waals surface area contributed by atoms with Gasteiger partial charge in [-0.05, 0) is 35.9 Å². The van der Waals surface area contributed by atoms with Crippen LogP contribution in [0.15, 0.2) is 53.0 Å². The van der Waals surface area contributed by atoms with Crippen LogP contribution in [0.3, 0.4) is 0 Å². The van der Waals surface area contributed by atoms with Crippen LogP contribution in [0.2, 0.25) is 0 Å². The Morgan fingerprint density at radius 1 is 1.06 bits per heavy atom. The minimum absolute atomic E-state index is 0.0102. The third-order valence-electron chi connectivity index (χ3n) is 5.02. The Bertz CT molecular complexity index is 1340. The van der Waals surface area contributed by atoms with E-state index in [9.17, 15) is 23.6 Å². The summed E-state index contributed by atoms with van der Waals surface area (Å²) in [5.74, 6) is -2.02. The Balaban J connectivity index is 1.54. The number of nitrogens with zero attached hydrogens (tertiary/aromatic N) is 3. The van der Waals surface area contributed by atoms with E-state index in [1.54, 1.807) is 38.4 Å². The van der Waals surface area contributed by atoms with Gasteiger partial charge in [0.15, 0.2) is 0 Å². The van der Waals surface area contributed by atoms with Gasteiger partial charge < -0.3 is 10.6 Å². The van der Waals surface area contributed by atoms with Gasteiger partial charge in [-0.2, -0.15) is 0 Å². The van der Waals surface area contributed by atoms with Crippen molar-refractivity contribution in [2.24, 2.45) is 14.1 Å². The van der Waals surface area contributed by atoms with Gasteiger partial charge in [-0.3, -0.25) is 18.7 Å². The molecule has 0 atom stereocenters. The van der Waals surface area contributed by atoms with Crippen LogP contribution < -0.4 is 16.3 Å². The Labute approximate surface area is 175 Å². The standard InChI is InChI=1S/C21H18FN5O4/c1-25-16-8-7-12(10-17(16)26(2)21(25)31)9-15-19(29)27(20(30)24-15)11-18(28)23-14-6-4-3-5-13(14)22/h3-10H,11H2,1-2H3,(H,23,28)(H,24,30)/b15-9+. The number of hydrogen-bond acceptors (Lipinski definition) is 4. The van der Waals surface area contributed by atoms with Gasteiger partial charge in [0.2, 0.25) is 5.91 Å². The Morgan fingerprint density at radius 2 is 1.77 bits per heavy atom. The molecule has 1 aliphatic heterocycles. The second kappa shape index (κ2) is 7.56. The van der Waals surface area contributed by atoms with Crippen molar-refractivity contribution in [3.05, 3.63) is 70.0 Å². The highest BCUT2D eigenvalue weighted by atomic mass is 19.1. The minimum Gasteiger partial charge on any atom is -0.322 e. The number of para-hydroxylation sites is 1. The average Bonchev–Trinajstić information content (AvgIpc) is 3.12. The van der Waals surface area contributed by atoms with Gasteiger partial charge in [0.1, 0.15) is 18.1 Å². The van der Waals surface area contributed by atoms with Gasteiger partial charge in [-0.15, -0.1) is 0 Å². The monoisotopic (exact) mass is 423 g/mol. The largest absolute Gasteiger partial charge is 0.329 e. The number of fused-ring (bicyclic) bond motifs is 1. The number of carbonyl (C=O) groups is 3. The highest BCUT2D eigenvalue weighted by Gasteiger charge is 2.35. The molecular formula is C21H18FN5O4. The van der Waals surface area contributed by atoms with Crippen LogP contribution in [0.25, 0.3) is 17.1 Å². The maximum absolute atomic E-state index is 13.7. The quantitative estimate of drug-likeness (QED) is 0.491. The third-order valence-corrected chi connectivity index (χ3v) is 5.02. The average molecular weight is 423 g/mol. The second-order valence-electron chi connectivity index (χ2n) is 7.06. The summed E-state index contributed by atoms with van der Waals surface area (Å²) < 4.78 is 16.7. The fourth-order valence-corrected chi connectivity index (χ4v) is 3.39. The van der Waals surface area contributed by atoms with Gasteiger partial charge in [0, 0.05) is 14.1 Å². The number of hydrogen-bond donors (Lipinski definition) is 2. The van der Waals surface area contributed by atoms with Crippen molar-refractivity contribution in [2.75, 3.05) is 11.9 Å². The molecule has 2 aromatic carbocycles. The normalized spacial score (nSPS) is 15.1. The number of imide groups is 1. The fourth-order valence-electron chi connectivity index (χ4n) is 3.39. The van der Waals surface area contributed by atoms with E-state index in [-0.39, 0.29) is 17.1 Å². The van der Waals surface area contributed by atoms with E-state index in [1.807, 2.05) is 0 Å². The highest BCUT2D eigenvalue weighted by molar-refractivity contribution is 6.16. The van der Waals surface area contributed by atoms with Crippen LogP contribution in [0.4, 0.5) is 14.9 Å². The van der Waals surface area contributed by atoms with E-state index in [0.717, 1.165) is 10.4 Å². The van der Waals surface area contributed by atoms with Gasteiger partial charge in [-0.1, -0.05) is 18.2 Å². The molecule has 9 nitrogen and oxygen atoms in total. The van der Waals surface area contributed by atoms with Gasteiger partial charge >= 0.3 is 11.7 Å². The highest BCUT2D eigenvalue weighted by Crippen LogP contribution is 2.19. The summed E-state index contributed by atoms with van der Waals surface area (Å²) in [7, 11) is 3.30. The second-order valence-corrected chi connectivity index (χ2v) is 7.06. The lowest BCUT2D eigenvalue weighted by Crippen LogP contribution is -2.38. The molecule has 1 aromatic heterocycles. The van der Waals surface area contributed by atoms with Crippen LogP contribution in [0.1, 0.15) is 5.56 Å². The molecule has 158 valence electrons. The lowest BCUT2D eigenvalue weighted by molar-refractivity contribution is -0.127. The smallest absolute Gasteiger partial charge is 0.322 e. The molecular weight excluding hydrogens is 405 g/mol. The molecule has 0 radical (unpaired) electrons. The van der Waals surface area contributed by atoms with Crippen LogP contribution in [0, 0.1) is 5.82 Å². The zero-order chi connectivity index (χ0) is 22.3. The molecule has 10 heteroatoms. The molecule has 0 spiro atoms. The number of nitrogens with one attached hydrogen (secondary N) is 2. The van der Waals surface area contributed by atoms with Crippen molar-refractivity contribution in [3.63, 3.8) is 0 Å². The lowest BCUT2D eigenvalue weighted by atomic mass is 10.1. The van der Waals surface area contributed by atoms with Crippen molar-refractivity contribution < 1.29 is 18.8 Å². The predicted octanol–water partition coefficient (Wildman–Crippen LogP) is 1.55. The zero-order valence-corrected chi connectivity index (χ0v) is 16.7. The first kappa shape index (κ1) is 20.1. The van der Waals surface area contributed by atoms with Gasteiger partial charge in [0.05, 0.1) is 16.7 Å². The van der Waals surface area contributed by atoms with E-state index >= 15 is 0 Å². The SMILES string of the molecule is Cn1c(=O)n(C)c2cc(/C=C3/NC(=O)N(CC(=O)Nc4ccccc4F)C3=O)ccc21. The molecule has 2 N–H and O–H groups in total. The van der Waals surface area contributed by atoms with Crippen LogP contribution in [0.5, 0.6) is 0 Å². The van der Waals surface area contributed by atoms with Crippen LogP contribution in [-0.4, -0.2) is 38.4 Å². The number of aromatic nitrogens is 2. The maximum Gasteiger partial charge on any atom is 0.329 e. The molecule has 2 heterocycles. The summed E-state index contributed by atoms with van der Waals surface area (Å²) in [5.41, 5.74) is 1.75. The Kier molecular flexibility index (Phi) is 4.90. The number of rotatable bonds is 4. The molecule has 3 aromatic rings. The molecule has 0 saturated carbocycles.